The van der Waals surface area contributed by atoms with Crippen LogP contribution in [-0.4, -0.2) is 74.3 Å². The van der Waals surface area contributed by atoms with E-state index in [1.165, 1.54) is 10.5 Å². The molecule has 2 atom stereocenters. The zero-order valence-corrected chi connectivity index (χ0v) is 21.7. The van der Waals surface area contributed by atoms with Crippen molar-refractivity contribution in [1.29, 1.82) is 0 Å². The van der Waals surface area contributed by atoms with Gasteiger partial charge in [0.15, 0.2) is 0 Å². The standard InChI is InChI=1S/C29H39N3O4/c1-22(24-9-5-4-6-10-24)12-15-31-16-13-25(14-17-31)29(21-23-8-7-11-26(20-23)36-3)27(33)32(18-19-35-2)28(34)30-29/h4-11,20,22,25H,12-19,21H2,1-3H3,(H,30,34). The number of benzene rings is 2. The first-order valence-electron chi connectivity index (χ1n) is 13.0. The monoisotopic (exact) mass is 493 g/mol. The average Bonchev–Trinajstić information content (AvgIpc) is 3.15. The highest BCUT2D eigenvalue weighted by Gasteiger charge is 2.55. The van der Waals surface area contributed by atoms with Crippen LogP contribution in [0, 0.1) is 5.92 Å². The van der Waals surface area contributed by atoms with Crippen molar-refractivity contribution in [2.24, 2.45) is 5.92 Å². The molecule has 2 heterocycles. The van der Waals surface area contributed by atoms with E-state index in [2.05, 4.69) is 47.5 Å². The lowest BCUT2D eigenvalue weighted by Gasteiger charge is -2.41. The highest BCUT2D eigenvalue weighted by molar-refractivity contribution is 6.07. The van der Waals surface area contributed by atoms with Crippen LogP contribution in [0.1, 0.15) is 43.2 Å². The van der Waals surface area contributed by atoms with Crippen LogP contribution < -0.4 is 10.1 Å². The first-order chi connectivity index (χ1) is 17.5. The number of piperidine rings is 1. The Balaban J connectivity index is 1.46. The predicted molar refractivity (Wildman–Crippen MR) is 140 cm³/mol. The molecule has 2 aromatic rings. The third kappa shape index (κ3) is 5.73. The molecule has 0 radical (unpaired) electrons. The Labute approximate surface area is 214 Å². The maximum absolute atomic E-state index is 13.8. The molecule has 1 N–H and O–H groups in total. The van der Waals surface area contributed by atoms with Gasteiger partial charge in [0, 0.05) is 13.5 Å². The average molecular weight is 494 g/mol. The fourth-order valence-electron chi connectivity index (χ4n) is 5.65. The molecule has 7 heteroatoms. The number of ether oxygens (including phenoxy) is 2. The van der Waals surface area contributed by atoms with E-state index < -0.39 is 5.54 Å². The van der Waals surface area contributed by atoms with Gasteiger partial charge in [-0.3, -0.25) is 9.69 Å². The van der Waals surface area contributed by atoms with Crippen molar-refractivity contribution in [2.75, 3.05) is 47.0 Å². The highest BCUT2D eigenvalue weighted by atomic mass is 16.5. The maximum atomic E-state index is 13.8. The molecule has 2 unspecified atom stereocenters. The molecular formula is C29H39N3O4. The molecule has 2 fully saturated rings. The second-order valence-electron chi connectivity index (χ2n) is 10.1. The number of nitrogens with one attached hydrogen (secondary N) is 1. The number of hydrogen-bond acceptors (Lipinski definition) is 5. The van der Waals surface area contributed by atoms with E-state index in [0.29, 0.717) is 18.9 Å². The Morgan fingerprint density at radius 1 is 1.03 bits per heavy atom. The van der Waals surface area contributed by atoms with Crippen molar-refractivity contribution in [3.05, 3.63) is 65.7 Å². The minimum atomic E-state index is -0.944. The number of carbonyl (C=O) groups excluding carboxylic acids is 2. The van der Waals surface area contributed by atoms with Gasteiger partial charge < -0.3 is 19.7 Å². The zero-order chi connectivity index (χ0) is 25.5. The normalized spacial score (nSPS) is 22.0. The van der Waals surface area contributed by atoms with Crippen molar-refractivity contribution in [3.63, 3.8) is 0 Å². The molecule has 3 amide bonds. The number of hydrogen-bond donors (Lipinski definition) is 1. The number of amides is 3. The third-order valence-electron chi connectivity index (χ3n) is 7.87. The van der Waals surface area contributed by atoms with E-state index in [9.17, 15) is 9.59 Å². The molecule has 0 spiro atoms. The van der Waals surface area contributed by atoms with E-state index in [1.807, 2.05) is 24.3 Å². The summed E-state index contributed by atoms with van der Waals surface area (Å²) in [6.45, 7) is 5.75. The smallest absolute Gasteiger partial charge is 0.325 e. The van der Waals surface area contributed by atoms with Gasteiger partial charge in [0.25, 0.3) is 5.91 Å². The van der Waals surface area contributed by atoms with Gasteiger partial charge in [-0.15, -0.1) is 0 Å². The number of carbonyl (C=O) groups is 2. The van der Waals surface area contributed by atoms with Crippen LogP contribution in [0.15, 0.2) is 54.6 Å². The lowest BCUT2D eigenvalue weighted by atomic mass is 9.73. The second-order valence-corrected chi connectivity index (χ2v) is 10.1. The largest absolute Gasteiger partial charge is 0.497 e. The molecule has 2 saturated heterocycles. The summed E-state index contributed by atoms with van der Waals surface area (Å²) < 4.78 is 10.6. The summed E-state index contributed by atoms with van der Waals surface area (Å²) >= 11 is 0. The molecule has 0 aliphatic carbocycles. The summed E-state index contributed by atoms with van der Waals surface area (Å²) in [7, 11) is 3.22. The van der Waals surface area contributed by atoms with Crippen molar-refractivity contribution in [1.82, 2.24) is 15.1 Å². The first-order valence-corrected chi connectivity index (χ1v) is 13.0. The molecule has 0 aromatic heterocycles. The Hall–Kier alpha value is -2.90. The summed E-state index contributed by atoms with van der Waals surface area (Å²) in [4.78, 5) is 30.6. The zero-order valence-electron chi connectivity index (χ0n) is 21.7. The summed E-state index contributed by atoms with van der Waals surface area (Å²) in [5.41, 5.74) is 1.41. The quantitative estimate of drug-likeness (QED) is 0.478. The van der Waals surface area contributed by atoms with Gasteiger partial charge in [0.05, 0.1) is 20.3 Å². The molecule has 2 aliphatic rings. The summed E-state index contributed by atoms with van der Waals surface area (Å²) in [6.07, 6.45) is 3.29. The molecule has 4 rings (SSSR count). The van der Waals surface area contributed by atoms with Crippen molar-refractivity contribution in [2.45, 2.75) is 44.1 Å². The molecule has 7 nitrogen and oxygen atoms in total. The van der Waals surface area contributed by atoms with E-state index >= 15 is 0 Å². The maximum Gasteiger partial charge on any atom is 0.325 e. The number of methoxy groups -OCH3 is 2. The fourth-order valence-corrected chi connectivity index (χ4v) is 5.65. The fraction of sp³-hybridized carbons (Fsp3) is 0.517. The third-order valence-corrected chi connectivity index (χ3v) is 7.87. The van der Waals surface area contributed by atoms with Gasteiger partial charge in [0.2, 0.25) is 0 Å². The van der Waals surface area contributed by atoms with Gasteiger partial charge in [-0.05, 0) is 74.0 Å². The Morgan fingerprint density at radius 2 is 1.78 bits per heavy atom. The summed E-state index contributed by atoms with van der Waals surface area (Å²) in [5.74, 6) is 1.19. The summed E-state index contributed by atoms with van der Waals surface area (Å²) in [6, 6.07) is 18.1. The van der Waals surface area contributed by atoms with Crippen LogP contribution >= 0.6 is 0 Å². The Kier molecular flexibility index (Phi) is 8.64. The number of nitrogens with zero attached hydrogens (tertiary/aromatic N) is 2. The number of likely N-dealkylation sites (tertiary alicyclic amines) is 1. The number of rotatable bonds is 11. The van der Waals surface area contributed by atoms with Crippen LogP contribution in [0.25, 0.3) is 0 Å². The van der Waals surface area contributed by atoms with Gasteiger partial charge in [-0.25, -0.2) is 4.79 Å². The van der Waals surface area contributed by atoms with E-state index in [4.69, 9.17) is 9.47 Å². The lowest BCUT2D eigenvalue weighted by molar-refractivity contribution is -0.134. The van der Waals surface area contributed by atoms with Crippen LogP contribution in [-0.2, 0) is 16.0 Å². The minimum Gasteiger partial charge on any atom is -0.497 e. The molecule has 0 bridgehead atoms. The van der Waals surface area contributed by atoms with Gasteiger partial charge in [-0.2, -0.15) is 0 Å². The first kappa shape index (κ1) is 26.2. The molecule has 194 valence electrons. The minimum absolute atomic E-state index is 0.0653. The van der Waals surface area contributed by atoms with Crippen LogP contribution in [0.3, 0.4) is 0 Å². The molecule has 2 aliphatic heterocycles. The lowest BCUT2D eigenvalue weighted by Crippen LogP contribution is -2.57. The topological polar surface area (TPSA) is 71.1 Å². The summed E-state index contributed by atoms with van der Waals surface area (Å²) in [5, 5.41) is 3.14. The molecular weight excluding hydrogens is 454 g/mol. The highest BCUT2D eigenvalue weighted by Crippen LogP contribution is 2.37. The number of imide groups is 1. The Bertz CT molecular complexity index is 1020. The molecule has 36 heavy (non-hydrogen) atoms. The second kappa shape index (κ2) is 11.9. The Morgan fingerprint density at radius 3 is 2.47 bits per heavy atom. The van der Waals surface area contributed by atoms with Crippen molar-refractivity contribution in [3.8, 4) is 5.75 Å². The van der Waals surface area contributed by atoms with Crippen LogP contribution in [0.4, 0.5) is 4.79 Å². The van der Waals surface area contributed by atoms with Crippen LogP contribution in [0.2, 0.25) is 0 Å². The molecule has 0 saturated carbocycles. The van der Waals surface area contributed by atoms with E-state index in [0.717, 1.165) is 50.2 Å². The van der Waals surface area contributed by atoms with Gasteiger partial charge in [-0.1, -0.05) is 49.4 Å². The van der Waals surface area contributed by atoms with Gasteiger partial charge in [0.1, 0.15) is 11.3 Å². The molecule has 2 aromatic carbocycles. The van der Waals surface area contributed by atoms with Crippen molar-refractivity contribution < 1.29 is 19.1 Å². The van der Waals surface area contributed by atoms with Crippen molar-refractivity contribution >= 4 is 11.9 Å². The van der Waals surface area contributed by atoms with E-state index in [1.54, 1.807) is 14.2 Å². The van der Waals surface area contributed by atoms with E-state index in [-0.39, 0.29) is 24.4 Å². The van der Waals surface area contributed by atoms with Gasteiger partial charge >= 0.3 is 6.03 Å². The SMILES string of the molecule is COCCN1C(=O)NC(Cc2cccc(OC)c2)(C2CCN(CCC(C)c3ccccc3)CC2)C1=O. The predicted octanol–water partition coefficient (Wildman–Crippen LogP) is 4.08. The van der Waals surface area contributed by atoms with Crippen LogP contribution in [0.5, 0.6) is 5.75 Å². The number of urea groups is 1.